The zero-order valence-corrected chi connectivity index (χ0v) is 11.8. The van der Waals surface area contributed by atoms with Gasteiger partial charge in [0.2, 0.25) is 0 Å². The van der Waals surface area contributed by atoms with E-state index in [9.17, 15) is 9.59 Å². The smallest absolute Gasteiger partial charge is 0.372 e. The highest BCUT2D eigenvalue weighted by Gasteiger charge is 2.30. The van der Waals surface area contributed by atoms with E-state index in [1.807, 2.05) is 18.2 Å². The van der Waals surface area contributed by atoms with Gasteiger partial charge >= 0.3 is 11.3 Å². The number of carbonyl (C=O) groups excluding carboxylic acids is 2. The van der Waals surface area contributed by atoms with Crippen LogP contribution < -0.4 is 0 Å². The fourth-order valence-electron chi connectivity index (χ4n) is 2.28. The van der Waals surface area contributed by atoms with Gasteiger partial charge in [-0.25, -0.2) is 4.79 Å². The van der Waals surface area contributed by atoms with E-state index < -0.39 is 0 Å². The Morgan fingerprint density at radius 1 is 1.37 bits per heavy atom. The van der Waals surface area contributed by atoms with E-state index in [-0.39, 0.29) is 17.2 Å². The maximum atomic E-state index is 11.6. The third kappa shape index (κ3) is 3.10. The van der Waals surface area contributed by atoms with Gasteiger partial charge in [-0.15, -0.1) is 0 Å². The second-order valence-electron chi connectivity index (χ2n) is 4.31. The summed E-state index contributed by atoms with van der Waals surface area (Å²) in [5.41, 5.74) is 2.18. The van der Waals surface area contributed by atoms with Gasteiger partial charge in [0, 0.05) is 4.90 Å². The Balaban J connectivity index is 2.16. The van der Waals surface area contributed by atoms with Crippen LogP contribution in [0.1, 0.15) is 18.1 Å². The molecule has 1 aliphatic rings. The Bertz CT molecular complexity index is 498. The first kappa shape index (κ1) is 13.9. The number of benzene rings is 1. The van der Waals surface area contributed by atoms with Gasteiger partial charge in [-0.3, -0.25) is 4.79 Å². The first-order valence-corrected chi connectivity index (χ1v) is 7.00. The second-order valence-corrected chi connectivity index (χ2v) is 5.28. The summed E-state index contributed by atoms with van der Waals surface area (Å²) in [5, 5.41) is -0.308. The zero-order chi connectivity index (χ0) is 13.8. The predicted molar refractivity (Wildman–Crippen MR) is 72.2 cm³/mol. The van der Waals surface area contributed by atoms with Crippen LogP contribution in [0.15, 0.2) is 23.1 Å². The van der Waals surface area contributed by atoms with Crippen molar-refractivity contribution in [3.63, 3.8) is 0 Å². The molecule has 2 rings (SSSR count). The number of rotatable bonds is 3. The van der Waals surface area contributed by atoms with Crippen molar-refractivity contribution in [1.29, 1.82) is 0 Å². The van der Waals surface area contributed by atoms with E-state index in [1.165, 1.54) is 7.11 Å². The summed E-state index contributed by atoms with van der Waals surface area (Å²) in [6.45, 7) is 2.15. The lowest BCUT2D eigenvalue weighted by Crippen LogP contribution is -2.16. The predicted octanol–water partition coefficient (Wildman–Crippen LogP) is 2.82. The molecule has 1 aromatic carbocycles. The van der Waals surface area contributed by atoms with Crippen LogP contribution in [-0.2, 0) is 27.1 Å². The molecule has 102 valence electrons. The lowest BCUT2D eigenvalue weighted by molar-refractivity contribution is -0.145. The number of fused-ring (bicyclic) bond motifs is 1. The van der Waals surface area contributed by atoms with Crippen molar-refractivity contribution in [3.8, 4) is 0 Å². The standard InChI is InChI=1S/C14H16O4S/c1-3-18-14(16)19-12-6-4-5-9-7-10(8-11(9)12)13(15)17-2/h4-6,10H,3,7-8H2,1-2H3. The number of carbonyl (C=O) groups is 2. The molecule has 0 radical (unpaired) electrons. The highest BCUT2D eigenvalue weighted by Crippen LogP contribution is 2.35. The minimum Gasteiger partial charge on any atom is -0.469 e. The molecular weight excluding hydrogens is 264 g/mol. The fraction of sp³-hybridized carbons (Fsp3) is 0.429. The molecule has 0 aliphatic heterocycles. The quantitative estimate of drug-likeness (QED) is 0.629. The lowest BCUT2D eigenvalue weighted by atomic mass is 10.1. The topological polar surface area (TPSA) is 52.6 Å². The molecule has 1 atom stereocenters. The van der Waals surface area contributed by atoms with Crippen molar-refractivity contribution in [2.45, 2.75) is 24.7 Å². The first-order chi connectivity index (χ1) is 9.15. The van der Waals surface area contributed by atoms with Gasteiger partial charge in [-0.1, -0.05) is 12.1 Å². The van der Waals surface area contributed by atoms with Crippen molar-refractivity contribution in [3.05, 3.63) is 29.3 Å². The van der Waals surface area contributed by atoms with Crippen molar-refractivity contribution >= 4 is 23.0 Å². The number of hydrogen-bond acceptors (Lipinski definition) is 5. The maximum Gasteiger partial charge on any atom is 0.372 e. The summed E-state index contributed by atoms with van der Waals surface area (Å²) in [7, 11) is 1.40. The van der Waals surface area contributed by atoms with Crippen LogP contribution in [-0.4, -0.2) is 25.0 Å². The third-order valence-electron chi connectivity index (χ3n) is 3.14. The number of esters is 1. The van der Waals surface area contributed by atoms with Gasteiger partial charge < -0.3 is 9.47 Å². The lowest BCUT2D eigenvalue weighted by Gasteiger charge is -2.07. The summed E-state index contributed by atoms with van der Waals surface area (Å²) in [5.74, 6) is -0.327. The summed E-state index contributed by atoms with van der Waals surface area (Å²) in [6.07, 6.45) is 1.31. The van der Waals surface area contributed by atoms with E-state index in [1.54, 1.807) is 6.92 Å². The monoisotopic (exact) mass is 280 g/mol. The van der Waals surface area contributed by atoms with Gasteiger partial charge in [0.15, 0.2) is 0 Å². The van der Waals surface area contributed by atoms with E-state index in [4.69, 9.17) is 9.47 Å². The van der Waals surface area contributed by atoms with Gasteiger partial charge in [-0.05, 0) is 48.7 Å². The normalized spacial score (nSPS) is 16.8. The largest absolute Gasteiger partial charge is 0.469 e. The molecule has 1 unspecified atom stereocenters. The molecule has 0 spiro atoms. The summed E-state index contributed by atoms with van der Waals surface area (Å²) in [6, 6.07) is 5.79. The first-order valence-electron chi connectivity index (χ1n) is 6.19. The number of ether oxygens (including phenoxy) is 2. The summed E-state index contributed by atoms with van der Waals surface area (Å²) in [4.78, 5) is 24.0. The Hall–Kier alpha value is -1.49. The molecule has 0 heterocycles. The molecule has 0 saturated heterocycles. The molecule has 0 fully saturated rings. The molecule has 4 nitrogen and oxygen atoms in total. The van der Waals surface area contributed by atoms with Crippen molar-refractivity contribution < 1.29 is 19.1 Å². The minimum atomic E-state index is -0.308. The Morgan fingerprint density at radius 3 is 2.84 bits per heavy atom. The van der Waals surface area contributed by atoms with E-state index in [2.05, 4.69) is 0 Å². The van der Waals surface area contributed by atoms with Crippen LogP contribution in [0, 0.1) is 5.92 Å². The molecule has 0 bridgehead atoms. The molecule has 1 aromatic rings. The second kappa shape index (κ2) is 6.10. The summed E-state index contributed by atoms with van der Waals surface area (Å²) < 4.78 is 9.72. The van der Waals surface area contributed by atoms with Crippen molar-refractivity contribution in [2.24, 2.45) is 5.92 Å². The van der Waals surface area contributed by atoms with Crippen LogP contribution in [0.25, 0.3) is 0 Å². The Labute approximate surface area is 116 Å². The zero-order valence-electron chi connectivity index (χ0n) is 11.0. The molecule has 1 aliphatic carbocycles. The van der Waals surface area contributed by atoms with Crippen molar-refractivity contribution in [1.82, 2.24) is 0 Å². The SMILES string of the molecule is CCOC(=O)Sc1cccc2c1CC(C(=O)OC)C2. The Morgan fingerprint density at radius 2 is 2.16 bits per heavy atom. The van der Waals surface area contributed by atoms with Gasteiger partial charge in [0.25, 0.3) is 0 Å². The average Bonchev–Trinajstić information content (AvgIpc) is 2.83. The molecule has 0 N–H and O–H groups in total. The summed E-state index contributed by atoms with van der Waals surface area (Å²) >= 11 is 1.08. The highest BCUT2D eigenvalue weighted by molar-refractivity contribution is 8.13. The van der Waals surface area contributed by atoms with Crippen LogP contribution in [0.2, 0.25) is 0 Å². The average molecular weight is 280 g/mol. The number of thioether (sulfide) groups is 1. The van der Waals surface area contributed by atoms with Crippen LogP contribution in [0.5, 0.6) is 0 Å². The van der Waals surface area contributed by atoms with Crippen LogP contribution in [0.4, 0.5) is 4.79 Å². The molecule has 5 heteroatoms. The van der Waals surface area contributed by atoms with Gasteiger partial charge in [0.1, 0.15) is 0 Å². The molecule has 0 amide bonds. The van der Waals surface area contributed by atoms with Crippen molar-refractivity contribution in [2.75, 3.05) is 13.7 Å². The van der Waals surface area contributed by atoms with Gasteiger partial charge in [0.05, 0.1) is 19.6 Å². The molecule has 19 heavy (non-hydrogen) atoms. The molecule has 0 saturated carbocycles. The van der Waals surface area contributed by atoms with Crippen LogP contribution >= 0.6 is 11.8 Å². The molecular formula is C14H16O4S. The fourth-order valence-corrected chi connectivity index (χ4v) is 3.12. The third-order valence-corrected chi connectivity index (χ3v) is 4.02. The number of hydrogen-bond donors (Lipinski definition) is 0. The van der Waals surface area contributed by atoms with Gasteiger partial charge in [-0.2, -0.15) is 0 Å². The molecule has 0 aromatic heterocycles. The van der Waals surface area contributed by atoms with E-state index in [0.29, 0.717) is 19.4 Å². The maximum absolute atomic E-state index is 11.6. The van der Waals surface area contributed by atoms with E-state index >= 15 is 0 Å². The van der Waals surface area contributed by atoms with E-state index in [0.717, 1.165) is 27.8 Å². The minimum absolute atomic E-state index is 0.135. The number of methoxy groups -OCH3 is 1. The highest BCUT2D eigenvalue weighted by atomic mass is 32.2. The Kier molecular flexibility index (Phi) is 4.47. The van der Waals surface area contributed by atoms with Crippen LogP contribution in [0.3, 0.4) is 0 Å².